The number of esters is 1. The minimum atomic E-state index is -0.424. The topological polar surface area (TPSA) is 72.0 Å². The number of hydrogen-bond donors (Lipinski definition) is 2. The van der Waals surface area contributed by atoms with Gasteiger partial charge in [-0.3, -0.25) is 0 Å². The Bertz CT molecular complexity index is 760. The van der Waals surface area contributed by atoms with Gasteiger partial charge in [-0.1, -0.05) is 13.0 Å². The number of guanidine groups is 1. The summed E-state index contributed by atoms with van der Waals surface area (Å²) in [5.74, 6) is 1.21. The molecule has 1 aromatic heterocycles. The molecule has 1 atom stereocenters. The first-order chi connectivity index (χ1) is 13.1. The van der Waals surface area contributed by atoms with E-state index in [4.69, 9.17) is 9.47 Å². The van der Waals surface area contributed by atoms with Crippen LogP contribution in [0.5, 0.6) is 5.75 Å². The number of benzene rings is 1. The van der Waals surface area contributed by atoms with Gasteiger partial charge in [0.25, 0.3) is 0 Å². The molecular weight excluding hydrogens is 362 g/mol. The van der Waals surface area contributed by atoms with Crippen molar-refractivity contribution in [2.45, 2.75) is 26.3 Å². The van der Waals surface area contributed by atoms with Gasteiger partial charge in [0.05, 0.1) is 20.8 Å². The molecule has 0 aliphatic rings. The van der Waals surface area contributed by atoms with Crippen LogP contribution in [0, 0.1) is 0 Å². The van der Waals surface area contributed by atoms with E-state index in [1.165, 1.54) is 19.8 Å². The Morgan fingerprint density at radius 1 is 1.26 bits per heavy atom. The number of methoxy groups -OCH3 is 2. The molecule has 0 radical (unpaired) electrons. The fourth-order valence-electron chi connectivity index (χ4n) is 2.56. The van der Waals surface area contributed by atoms with Crippen molar-refractivity contribution in [1.82, 2.24) is 10.6 Å². The van der Waals surface area contributed by atoms with E-state index in [1.807, 2.05) is 13.0 Å². The second-order valence-corrected chi connectivity index (χ2v) is 6.84. The molecule has 0 saturated heterocycles. The average Bonchev–Trinajstić information content (AvgIpc) is 3.24. The summed E-state index contributed by atoms with van der Waals surface area (Å²) >= 11 is 1.71. The summed E-state index contributed by atoms with van der Waals surface area (Å²) in [6.07, 6.45) is 0. The van der Waals surface area contributed by atoms with Crippen LogP contribution in [0.15, 0.2) is 40.0 Å². The van der Waals surface area contributed by atoms with E-state index in [2.05, 4.69) is 39.4 Å². The molecule has 2 rings (SSSR count). The number of carbonyl (C=O) groups excluding carboxylic acids is 1. The van der Waals surface area contributed by atoms with Crippen molar-refractivity contribution in [1.29, 1.82) is 0 Å². The summed E-state index contributed by atoms with van der Waals surface area (Å²) in [6, 6.07) is 7.56. The van der Waals surface area contributed by atoms with Crippen LogP contribution in [-0.2, 0) is 11.3 Å². The van der Waals surface area contributed by atoms with Crippen molar-refractivity contribution in [3.8, 4) is 5.75 Å². The predicted octanol–water partition coefficient (Wildman–Crippen LogP) is 3.40. The molecular formula is C20H27N3O3S. The lowest BCUT2D eigenvalue weighted by molar-refractivity contribution is 0.0597. The molecule has 0 spiro atoms. The number of thiophene rings is 1. The van der Waals surface area contributed by atoms with Gasteiger partial charge < -0.3 is 20.1 Å². The van der Waals surface area contributed by atoms with Crippen LogP contribution in [0.2, 0.25) is 0 Å². The summed E-state index contributed by atoms with van der Waals surface area (Å²) in [5.41, 5.74) is 2.62. The number of nitrogens with one attached hydrogen (secondary N) is 2. The number of hydrogen-bond acceptors (Lipinski definition) is 5. The highest BCUT2D eigenvalue weighted by Gasteiger charge is 2.13. The van der Waals surface area contributed by atoms with Crippen LogP contribution in [0.3, 0.4) is 0 Å². The van der Waals surface area contributed by atoms with Crippen LogP contribution >= 0.6 is 11.3 Å². The highest BCUT2D eigenvalue weighted by molar-refractivity contribution is 7.07. The van der Waals surface area contributed by atoms with E-state index in [1.54, 1.807) is 23.5 Å². The third kappa shape index (κ3) is 5.99. The van der Waals surface area contributed by atoms with E-state index in [-0.39, 0.29) is 0 Å². The largest absolute Gasteiger partial charge is 0.496 e. The van der Waals surface area contributed by atoms with Crippen molar-refractivity contribution in [2.24, 2.45) is 4.99 Å². The lowest BCUT2D eigenvalue weighted by atomic mass is 10.1. The van der Waals surface area contributed by atoms with Crippen molar-refractivity contribution >= 4 is 23.3 Å². The Kier molecular flexibility index (Phi) is 8.13. The van der Waals surface area contributed by atoms with Crippen molar-refractivity contribution < 1.29 is 14.3 Å². The van der Waals surface area contributed by atoms with Gasteiger partial charge in [-0.25, -0.2) is 9.79 Å². The molecule has 0 aliphatic carbocycles. The van der Waals surface area contributed by atoms with Gasteiger partial charge in [-0.2, -0.15) is 11.3 Å². The van der Waals surface area contributed by atoms with E-state index in [0.717, 1.165) is 24.6 Å². The lowest BCUT2D eigenvalue weighted by Crippen LogP contribution is -2.39. The Labute approximate surface area is 164 Å². The van der Waals surface area contributed by atoms with Crippen molar-refractivity contribution in [2.75, 3.05) is 27.3 Å². The van der Waals surface area contributed by atoms with Crippen LogP contribution < -0.4 is 15.4 Å². The van der Waals surface area contributed by atoms with Crippen LogP contribution in [0.1, 0.15) is 41.3 Å². The quantitative estimate of drug-likeness (QED) is 0.411. The Balaban J connectivity index is 2.06. The number of carbonyl (C=O) groups is 1. The third-order valence-corrected chi connectivity index (χ3v) is 4.82. The minimum absolute atomic E-state index is 0.395. The minimum Gasteiger partial charge on any atom is -0.496 e. The average molecular weight is 390 g/mol. The molecule has 6 nitrogen and oxygen atoms in total. The highest BCUT2D eigenvalue weighted by atomic mass is 32.1. The van der Waals surface area contributed by atoms with Crippen molar-refractivity contribution in [3.63, 3.8) is 0 Å². The summed E-state index contributed by atoms with van der Waals surface area (Å²) in [4.78, 5) is 16.5. The normalized spacial score (nSPS) is 12.4. The number of rotatable bonds is 8. The second kappa shape index (κ2) is 10.6. The van der Waals surface area contributed by atoms with E-state index < -0.39 is 5.97 Å². The summed E-state index contributed by atoms with van der Waals surface area (Å²) < 4.78 is 10.0. The maximum Gasteiger partial charge on any atom is 0.341 e. The smallest absolute Gasteiger partial charge is 0.341 e. The predicted molar refractivity (Wildman–Crippen MR) is 110 cm³/mol. The first-order valence-electron chi connectivity index (χ1n) is 8.88. The fourth-order valence-corrected chi connectivity index (χ4v) is 3.34. The molecule has 146 valence electrons. The summed E-state index contributed by atoms with van der Waals surface area (Å²) in [7, 11) is 2.88. The van der Waals surface area contributed by atoms with Gasteiger partial charge in [-0.05, 0) is 52.9 Å². The van der Waals surface area contributed by atoms with Crippen molar-refractivity contribution in [3.05, 3.63) is 51.7 Å². The maximum atomic E-state index is 11.9. The molecule has 1 aromatic carbocycles. The van der Waals surface area contributed by atoms with Gasteiger partial charge in [0.2, 0.25) is 0 Å². The number of ether oxygens (including phenoxy) is 2. The zero-order valence-corrected chi connectivity index (χ0v) is 17.1. The Morgan fingerprint density at radius 3 is 2.70 bits per heavy atom. The summed E-state index contributed by atoms with van der Waals surface area (Å²) in [6.45, 7) is 6.22. The molecule has 7 heteroatoms. The van der Waals surface area contributed by atoms with Gasteiger partial charge in [0, 0.05) is 13.1 Å². The fraction of sp³-hybridized carbons (Fsp3) is 0.400. The van der Waals surface area contributed by atoms with Gasteiger partial charge >= 0.3 is 5.97 Å². The van der Waals surface area contributed by atoms with Gasteiger partial charge in [0.15, 0.2) is 5.96 Å². The Hall–Kier alpha value is -2.54. The molecule has 0 saturated carbocycles. The first kappa shape index (κ1) is 20.8. The SMILES string of the molecule is CCNC(=NCc1ccc(OC)c(C(=O)OC)c1)NCC(C)c1ccsc1. The monoisotopic (exact) mass is 389 g/mol. The molecule has 27 heavy (non-hydrogen) atoms. The molecule has 1 unspecified atom stereocenters. The van der Waals surface area contributed by atoms with Crippen LogP contribution in [0.4, 0.5) is 0 Å². The molecule has 0 aliphatic heterocycles. The molecule has 1 heterocycles. The molecule has 0 bridgehead atoms. The standard InChI is InChI=1S/C20H27N3O3S/c1-5-21-20(22-11-14(2)16-8-9-27-13-16)23-12-15-6-7-18(25-3)17(10-15)19(24)26-4/h6-10,13-14H,5,11-12H2,1-4H3,(H2,21,22,23). The van der Waals surface area contributed by atoms with Crippen LogP contribution in [0.25, 0.3) is 0 Å². The second-order valence-electron chi connectivity index (χ2n) is 6.06. The van der Waals surface area contributed by atoms with E-state index >= 15 is 0 Å². The molecule has 0 amide bonds. The number of nitrogens with zero attached hydrogens (tertiary/aromatic N) is 1. The number of aliphatic imine (C=N–C) groups is 1. The zero-order valence-electron chi connectivity index (χ0n) is 16.2. The van der Waals surface area contributed by atoms with Gasteiger partial charge in [0.1, 0.15) is 11.3 Å². The highest BCUT2D eigenvalue weighted by Crippen LogP contribution is 2.21. The van der Waals surface area contributed by atoms with Crippen LogP contribution in [-0.4, -0.2) is 39.2 Å². The van der Waals surface area contributed by atoms with E-state index in [9.17, 15) is 4.79 Å². The molecule has 2 N–H and O–H groups in total. The molecule has 0 fully saturated rings. The molecule has 2 aromatic rings. The van der Waals surface area contributed by atoms with Gasteiger partial charge in [-0.15, -0.1) is 0 Å². The van der Waals surface area contributed by atoms with E-state index in [0.29, 0.717) is 23.8 Å². The first-order valence-corrected chi connectivity index (χ1v) is 9.82. The lowest BCUT2D eigenvalue weighted by Gasteiger charge is -2.15. The maximum absolute atomic E-state index is 11.9. The zero-order chi connectivity index (χ0) is 19.6. The summed E-state index contributed by atoms with van der Waals surface area (Å²) in [5, 5.41) is 10.9. The third-order valence-electron chi connectivity index (χ3n) is 4.12. The Morgan fingerprint density at radius 2 is 2.07 bits per heavy atom.